The van der Waals surface area contributed by atoms with Crippen LogP contribution in [0.15, 0.2) is 0 Å². The molecule has 2 N–H and O–H groups in total. The van der Waals surface area contributed by atoms with Gasteiger partial charge in [-0.15, -0.1) is 0 Å². The molecule has 0 aliphatic rings. The number of hydrogen-bond acceptors (Lipinski definition) is 2. The van der Waals surface area contributed by atoms with Crippen LogP contribution in [0.4, 0.5) is 0 Å². The molecule has 0 spiro atoms. The highest BCUT2D eigenvalue weighted by molar-refractivity contribution is 5.76. The Bertz CT molecular complexity index is 565. The normalized spacial score (nSPS) is 12.0. The molecule has 0 rings (SSSR count). The lowest BCUT2D eigenvalue weighted by molar-refractivity contribution is -0.122. The zero-order valence-electron chi connectivity index (χ0n) is 29.0. The first kappa shape index (κ1) is 40.9. The summed E-state index contributed by atoms with van der Waals surface area (Å²) >= 11 is 0. The van der Waals surface area contributed by atoms with Gasteiger partial charge in [-0.3, -0.25) is 9.59 Å². The van der Waals surface area contributed by atoms with Crippen LogP contribution < -0.4 is 10.6 Å². The molecule has 250 valence electrons. The molecule has 1 atom stereocenters. The van der Waals surface area contributed by atoms with E-state index in [1.165, 1.54) is 154 Å². The molecule has 0 fully saturated rings. The van der Waals surface area contributed by atoms with Gasteiger partial charge in [0.15, 0.2) is 0 Å². The number of amides is 2. The Morgan fingerprint density at radius 3 is 1.14 bits per heavy atom. The minimum Gasteiger partial charge on any atom is -0.356 e. The predicted molar refractivity (Wildman–Crippen MR) is 185 cm³/mol. The van der Waals surface area contributed by atoms with E-state index < -0.39 is 0 Å². The smallest absolute Gasteiger partial charge is 0.220 e. The molecule has 0 aromatic rings. The summed E-state index contributed by atoms with van der Waals surface area (Å²) in [5.74, 6) is 0.411. The van der Waals surface area contributed by atoms with Crippen LogP contribution in [0.1, 0.15) is 220 Å². The molecule has 42 heavy (non-hydrogen) atoms. The third-order valence-electron chi connectivity index (χ3n) is 8.81. The maximum absolute atomic E-state index is 12.2. The number of carbonyl (C=O) groups is 2. The summed E-state index contributed by atoms with van der Waals surface area (Å²) < 4.78 is 0. The van der Waals surface area contributed by atoms with E-state index >= 15 is 0 Å². The van der Waals surface area contributed by atoms with Gasteiger partial charge in [-0.05, 0) is 39.0 Å². The van der Waals surface area contributed by atoms with Gasteiger partial charge in [0, 0.05) is 25.4 Å². The molecule has 0 saturated carbocycles. The molecule has 2 amide bonds. The Kier molecular flexibility index (Phi) is 33.6. The Labute approximate surface area is 264 Å². The van der Waals surface area contributed by atoms with E-state index in [-0.39, 0.29) is 17.9 Å². The molecular formula is C38H76N2O2. The van der Waals surface area contributed by atoms with Crippen molar-refractivity contribution in [3.05, 3.63) is 0 Å². The van der Waals surface area contributed by atoms with Crippen molar-refractivity contribution in [1.29, 1.82) is 0 Å². The first-order valence-corrected chi connectivity index (χ1v) is 19.2. The molecule has 0 aromatic heterocycles. The average Bonchev–Trinajstić information content (AvgIpc) is 2.97. The van der Waals surface area contributed by atoms with Gasteiger partial charge in [0.2, 0.25) is 11.8 Å². The Balaban J connectivity index is 3.37. The molecule has 0 bridgehead atoms. The van der Waals surface area contributed by atoms with E-state index in [1.807, 2.05) is 0 Å². The van der Waals surface area contributed by atoms with Crippen LogP contribution in [0, 0.1) is 0 Å². The van der Waals surface area contributed by atoms with Gasteiger partial charge in [-0.2, -0.15) is 0 Å². The summed E-state index contributed by atoms with van der Waals surface area (Å²) in [6, 6.07) is 0.223. The second kappa shape index (κ2) is 34.4. The van der Waals surface area contributed by atoms with Crippen molar-refractivity contribution in [3.63, 3.8) is 0 Å². The summed E-state index contributed by atoms with van der Waals surface area (Å²) in [6.07, 6.45) is 39.0. The largest absolute Gasteiger partial charge is 0.356 e. The van der Waals surface area contributed by atoms with Crippen molar-refractivity contribution < 1.29 is 9.59 Å². The van der Waals surface area contributed by atoms with Gasteiger partial charge in [0.1, 0.15) is 0 Å². The van der Waals surface area contributed by atoms with Crippen LogP contribution in [0.2, 0.25) is 0 Å². The fourth-order valence-corrected chi connectivity index (χ4v) is 5.92. The van der Waals surface area contributed by atoms with Gasteiger partial charge >= 0.3 is 0 Å². The summed E-state index contributed by atoms with van der Waals surface area (Å²) in [4.78, 5) is 24.3. The first-order valence-electron chi connectivity index (χ1n) is 19.2. The van der Waals surface area contributed by atoms with Crippen LogP contribution in [-0.4, -0.2) is 24.4 Å². The lowest BCUT2D eigenvalue weighted by Gasteiger charge is -2.14. The average molecular weight is 593 g/mol. The van der Waals surface area contributed by atoms with Gasteiger partial charge in [-0.1, -0.05) is 168 Å². The minimum atomic E-state index is 0.205. The van der Waals surface area contributed by atoms with Crippen LogP contribution in [0.25, 0.3) is 0 Å². The van der Waals surface area contributed by atoms with E-state index in [9.17, 15) is 9.59 Å². The Hall–Kier alpha value is -1.06. The van der Waals surface area contributed by atoms with Crippen LogP contribution in [0.3, 0.4) is 0 Å². The van der Waals surface area contributed by atoms with Crippen molar-refractivity contribution in [1.82, 2.24) is 10.6 Å². The predicted octanol–water partition coefficient (Wildman–Crippen LogP) is 11.7. The molecule has 0 saturated heterocycles. The number of hydrogen-bond donors (Lipinski definition) is 2. The molecule has 0 aromatic carbocycles. The molecular weight excluding hydrogens is 516 g/mol. The molecule has 4 nitrogen and oxygen atoms in total. The lowest BCUT2D eigenvalue weighted by Crippen LogP contribution is -2.32. The van der Waals surface area contributed by atoms with E-state index in [4.69, 9.17) is 0 Å². The molecule has 0 aliphatic heterocycles. The number of unbranched alkanes of at least 4 members (excludes halogenated alkanes) is 25. The van der Waals surface area contributed by atoms with Gasteiger partial charge in [-0.25, -0.2) is 0 Å². The lowest BCUT2D eigenvalue weighted by atomic mass is 10.0. The standard InChI is InChI=1S/C38H76N2O2/c1-4-6-8-10-12-14-16-18-20-22-24-26-28-33-37(41)39-35-31-30-32-36(3)40-38(42)34-29-27-25-23-21-19-17-15-13-11-9-7-5-2/h36H,4-35H2,1-3H3,(H,39,41)(H,40,42)/t36-/m1/s1. The quantitative estimate of drug-likeness (QED) is 0.0730. The van der Waals surface area contributed by atoms with E-state index in [1.54, 1.807) is 0 Å². The van der Waals surface area contributed by atoms with Gasteiger partial charge in [0.25, 0.3) is 0 Å². The number of rotatable bonds is 34. The SMILES string of the molecule is CCCCCCCCCCCCCCCC(=O)NCCCC[C@@H](C)NC(=O)CCCCCCCCCCCCCCC. The zero-order valence-corrected chi connectivity index (χ0v) is 29.0. The van der Waals surface area contributed by atoms with Crippen molar-refractivity contribution in [3.8, 4) is 0 Å². The monoisotopic (exact) mass is 593 g/mol. The maximum atomic E-state index is 12.2. The van der Waals surface area contributed by atoms with E-state index in [0.717, 1.165) is 38.6 Å². The minimum absolute atomic E-state index is 0.205. The van der Waals surface area contributed by atoms with Gasteiger partial charge < -0.3 is 10.6 Å². The summed E-state index contributed by atoms with van der Waals surface area (Å²) in [6.45, 7) is 7.42. The molecule has 4 heteroatoms. The van der Waals surface area contributed by atoms with Crippen molar-refractivity contribution in [2.24, 2.45) is 0 Å². The highest BCUT2D eigenvalue weighted by Gasteiger charge is 2.07. The molecule has 0 heterocycles. The highest BCUT2D eigenvalue weighted by Crippen LogP contribution is 2.14. The Morgan fingerprint density at radius 1 is 0.429 bits per heavy atom. The van der Waals surface area contributed by atoms with Crippen molar-refractivity contribution >= 4 is 11.8 Å². The van der Waals surface area contributed by atoms with Crippen LogP contribution in [0.5, 0.6) is 0 Å². The van der Waals surface area contributed by atoms with Gasteiger partial charge in [0.05, 0.1) is 0 Å². The summed E-state index contributed by atoms with van der Waals surface area (Å²) in [7, 11) is 0. The fraction of sp³-hybridized carbons (Fsp3) is 0.947. The third kappa shape index (κ3) is 33.4. The van der Waals surface area contributed by atoms with Crippen molar-refractivity contribution in [2.45, 2.75) is 226 Å². The third-order valence-corrected chi connectivity index (χ3v) is 8.81. The topological polar surface area (TPSA) is 58.2 Å². The zero-order chi connectivity index (χ0) is 30.8. The second-order valence-corrected chi connectivity index (χ2v) is 13.3. The molecule has 0 unspecified atom stereocenters. The maximum Gasteiger partial charge on any atom is 0.220 e. The van der Waals surface area contributed by atoms with Crippen molar-refractivity contribution in [2.75, 3.05) is 6.54 Å². The number of carbonyl (C=O) groups excluding carboxylic acids is 2. The summed E-state index contributed by atoms with van der Waals surface area (Å²) in [5.41, 5.74) is 0. The highest BCUT2D eigenvalue weighted by atomic mass is 16.2. The molecule has 0 radical (unpaired) electrons. The van der Waals surface area contributed by atoms with Crippen LogP contribution in [-0.2, 0) is 9.59 Å². The van der Waals surface area contributed by atoms with E-state index in [2.05, 4.69) is 31.4 Å². The molecule has 0 aliphatic carbocycles. The van der Waals surface area contributed by atoms with E-state index in [0.29, 0.717) is 12.8 Å². The Morgan fingerprint density at radius 2 is 0.762 bits per heavy atom. The second-order valence-electron chi connectivity index (χ2n) is 13.3. The first-order chi connectivity index (χ1) is 20.6. The fourth-order valence-electron chi connectivity index (χ4n) is 5.92. The summed E-state index contributed by atoms with van der Waals surface area (Å²) in [5, 5.41) is 6.25. The number of nitrogens with one attached hydrogen (secondary N) is 2. The van der Waals surface area contributed by atoms with Crippen LogP contribution >= 0.6 is 0 Å².